The number of nitrogens with zero attached hydrogens (tertiary/aromatic N) is 1. The molecular weight excluding hydrogens is 516 g/mol. The van der Waals surface area contributed by atoms with Crippen LogP contribution in [0.15, 0.2) is 45.6 Å². The van der Waals surface area contributed by atoms with E-state index in [0.717, 1.165) is 0 Å². The predicted octanol–water partition coefficient (Wildman–Crippen LogP) is 3.06. The van der Waals surface area contributed by atoms with Gasteiger partial charge in [0.2, 0.25) is 0 Å². The Morgan fingerprint density at radius 2 is 1.91 bits per heavy atom. The van der Waals surface area contributed by atoms with Gasteiger partial charge in [0.15, 0.2) is 5.75 Å². The number of hydrogen-bond acceptors (Lipinski definition) is 6. The van der Waals surface area contributed by atoms with E-state index in [-0.39, 0.29) is 96.4 Å². The molecule has 2 N–H and O–H groups in total. The summed E-state index contributed by atoms with van der Waals surface area (Å²) in [6, 6.07) is 8.96. The maximum Gasteiger partial charge on any atom is 0.414 e. The number of carbonyl (C=O) groups excluding carboxylic acids is 1. The van der Waals surface area contributed by atoms with Gasteiger partial charge >= 0.3 is 11.7 Å². The maximum absolute atomic E-state index is 14.1. The second-order valence-electron chi connectivity index (χ2n) is 7.21. The SMILES string of the molecule is CNS(=O)(=O)Nc1cccc(Cc2c(CF)c3cc(Cl)c(OC(=O)N(C)C)cc3oc2=O)c1.[K]. The molecule has 0 aliphatic heterocycles. The number of anilines is 1. The molecule has 1 heterocycles. The van der Waals surface area contributed by atoms with Crippen LogP contribution in [0.1, 0.15) is 16.7 Å². The molecular formula is C21H21ClFKN3O6S. The van der Waals surface area contributed by atoms with Crippen LogP contribution in [0.2, 0.25) is 5.02 Å². The predicted molar refractivity (Wildman–Crippen MR) is 129 cm³/mol. The number of benzene rings is 2. The first-order valence-corrected chi connectivity index (χ1v) is 11.4. The van der Waals surface area contributed by atoms with Crippen LogP contribution < -0.4 is 19.8 Å². The van der Waals surface area contributed by atoms with Gasteiger partial charge in [0.25, 0.3) is 10.2 Å². The first-order valence-electron chi connectivity index (χ1n) is 9.58. The van der Waals surface area contributed by atoms with Crippen molar-refractivity contribution < 1.29 is 26.8 Å². The summed E-state index contributed by atoms with van der Waals surface area (Å²) in [5.74, 6) is -0.0342. The molecule has 1 amide bonds. The van der Waals surface area contributed by atoms with Gasteiger partial charge < -0.3 is 14.1 Å². The van der Waals surface area contributed by atoms with Gasteiger partial charge in [0.05, 0.1) is 10.7 Å². The molecule has 34 heavy (non-hydrogen) atoms. The van der Waals surface area contributed by atoms with Gasteiger partial charge in [-0.1, -0.05) is 23.7 Å². The first-order chi connectivity index (χ1) is 15.5. The summed E-state index contributed by atoms with van der Waals surface area (Å²) in [6.07, 6.45) is -0.698. The van der Waals surface area contributed by atoms with E-state index in [0.29, 0.717) is 5.56 Å². The van der Waals surface area contributed by atoms with E-state index in [2.05, 4.69) is 9.44 Å². The number of alkyl halides is 1. The fourth-order valence-electron chi connectivity index (χ4n) is 3.05. The Bertz CT molecular complexity index is 1380. The number of amides is 1. The number of ether oxygens (including phenoxy) is 1. The molecule has 0 aliphatic carbocycles. The minimum Gasteiger partial charge on any atom is -0.422 e. The molecule has 9 nitrogen and oxygen atoms in total. The van der Waals surface area contributed by atoms with E-state index >= 15 is 0 Å². The summed E-state index contributed by atoms with van der Waals surface area (Å²) in [6.45, 7) is -0.976. The molecule has 177 valence electrons. The largest absolute Gasteiger partial charge is 0.422 e. The van der Waals surface area contributed by atoms with Gasteiger partial charge in [-0.05, 0) is 23.8 Å². The second kappa shape index (κ2) is 11.9. The van der Waals surface area contributed by atoms with Crippen LogP contribution in [0.5, 0.6) is 5.75 Å². The summed E-state index contributed by atoms with van der Waals surface area (Å²) in [5.41, 5.74) is 0.198. The molecule has 0 fully saturated rings. The molecule has 0 atom stereocenters. The van der Waals surface area contributed by atoms with Crippen LogP contribution >= 0.6 is 11.6 Å². The van der Waals surface area contributed by atoms with E-state index in [1.807, 2.05) is 0 Å². The monoisotopic (exact) mass is 536 g/mol. The summed E-state index contributed by atoms with van der Waals surface area (Å²) >= 11 is 6.22. The van der Waals surface area contributed by atoms with Crippen molar-refractivity contribution in [3.63, 3.8) is 0 Å². The molecule has 3 aromatic rings. The van der Waals surface area contributed by atoms with Crippen LogP contribution in [0.3, 0.4) is 0 Å². The van der Waals surface area contributed by atoms with Crippen LogP contribution in [0.4, 0.5) is 14.9 Å². The van der Waals surface area contributed by atoms with Crippen molar-refractivity contribution in [3.05, 3.63) is 68.5 Å². The van der Waals surface area contributed by atoms with Crippen molar-refractivity contribution in [2.75, 3.05) is 25.9 Å². The molecule has 3 rings (SSSR count). The van der Waals surface area contributed by atoms with Gasteiger partial charge in [-0.2, -0.15) is 8.42 Å². The van der Waals surface area contributed by atoms with Crippen molar-refractivity contribution in [1.82, 2.24) is 9.62 Å². The Labute approximate surface area is 243 Å². The zero-order chi connectivity index (χ0) is 24.3. The van der Waals surface area contributed by atoms with Crippen LogP contribution in [0, 0.1) is 0 Å². The van der Waals surface area contributed by atoms with Crippen molar-refractivity contribution in [1.29, 1.82) is 0 Å². The molecule has 0 saturated carbocycles. The summed E-state index contributed by atoms with van der Waals surface area (Å²) in [4.78, 5) is 25.7. The van der Waals surface area contributed by atoms with E-state index in [4.69, 9.17) is 20.8 Å². The average molecular weight is 537 g/mol. The zero-order valence-electron chi connectivity index (χ0n) is 18.9. The maximum atomic E-state index is 14.1. The fourth-order valence-corrected chi connectivity index (χ4v) is 3.79. The normalized spacial score (nSPS) is 11.1. The molecule has 0 aliphatic rings. The molecule has 0 saturated heterocycles. The number of hydrogen-bond donors (Lipinski definition) is 2. The van der Waals surface area contributed by atoms with Gasteiger partial charge in [-0.15, -0.1) is 0 Å². The van der Waals surface area contributed by atoms with Gasteiger partial charge in [0.1, 0.15) is 12.3 Å². The smallest absolute Gasteiger partial charge is 0.414 e. The Morgan fingerprint density at radius 3 is 2.53 bits per heavy atom. The van der Waals surface area contributed by atoms with E-state index < -0.39 is 28.6 Å². The molecule has 1 radical (unpaired) electrons. The number of carbonyl (C=O) groups is 1. The van der Waals surface area contributed by atoms with Crippen LogP contribution in [-0.2, 0) is 23.3 Å². The van der Waals surface area contributed by atoms with Crippen molar-refractivity contribution >= 4 is 95.9 Å². The quantitative estimate of drug-likeness (QED) is 0.354. The second-order valence-corrected chi connectivity index (χ2v) is 9.23. The van der Waals surface area contributed by atoms with E-state index in [1.165, 1.54) is 50.3 Å². The Morgan fingerprint density at radius 1 is 1.21 bits per heavy atom. The third kappa shape index (κ3) is 6.79. The van der Waals surface area contributed by atoms with Gasteiger partial charge in [-0.25, -0.2) is 18.7 Å². The van der Waals surface area contributed by atoms with Crippen molar-refractivity contribution in [2.24, 2.45) is 0 Å². The van der Waals surface area contributed by atoms with Gasteiger partial charge in [-0.3, -0.25) is 4.72 Å². The van der Waals surface area contributed by atoms with Crippen molar-refractivity contribution in [2.45, 2.75) is 13.1 Å². The molecule has 13 heteroatoms. The fraction of sp³-hybridized carbons (Fsp3) is 0.238. The van der Waals surface area contributed by atoms with E-state index in [9.17, 15) is 22.4 Å². The third-order valence-electron chi connectivity index (χ3n) is 4.70. The van der Waals surface area contributed by atoms with Crippen molar-refractivity contribution in [3.8, 4) is 5.75 Å². The first kappa shape index (κ1) is 28.7. The Hall–Kier alpha value is -1.51. The topological polar surface area (TPSA) is 118 Å². The number of halogens is 2. The number of fused-ring (bicyclic) bond motifs is 1. The minimum atomic E-state index is -3.73. The molecule has 0 spiro atoms. The summed E-state index contributed by atoms with van der Waals surface area (Å²) in [7, 11) is 0.512. The number of rotatable bonds is 7. The molecule has 0 unspecified atom stereocenters. The van der Waals surface area contributed by atoms with Gasteiger partial charge in [0, 0.05) is 102 Å². The molecule has 1 aromatic heterocycles. The third-order valence-corrected chi connectivity index (χ3v) is 6.03. The van der Waals surface area contributed by atoms with Crippen LogP contribution in [0.25, 0.3) is 11.0 Å². The Kier molecular flexibility index (Phi) is 10.1. The molecule has 0 bridgehead atoms. The Balaban J connectivity index is 0.00000408. The summed E-state index contributed by atoms with van der Waals surface area (Å²) < 4.78 is 52.5. The van der Waals surface area contributed by atoms with E-state index in [1.54, 1.807) is 12.1 Å². The standard InChI is InChI=1S/C21H21ClFN3O6S.K/c1-24-33(29,30)25-13-6-4-5-12(7-13)8-15-16(11-23)14-9-17(22)19(32-21(28)26(2)3)10-18(14)31-20(15)27;/h4-7,9-10,24-25H,8,11H2,1-3H3;. The zero-order valence-corrected chi connectivity index (χ0v) is 23.6. The number of nitrogens with one attached hydrogen (secondary N) is 2. The molecule has 2 aromatic carbocycles. The summed E-state index contributed by atoms with van der Waals surface area (Å²) in [5, 5.41) is 0.296. The average Bonchev–Trinajstić information content (AvgIpc) is 2.75. The van der Waals surface area contributed by atoms with Crippen LogP contribution in [-0.4, -0.2) is 91.9 Å². The minimum absolute atomic E-state index is 0.